The van der Waals surface area contributed by atoms with E-state index in [1.54, 1.807) is 42.5 Å². The fraction of sp³-hybridized carbons (Fsp3) is 0. The molecule has 0 unspecified atom stereocenters. The normalized spacial score (nSPS) is 9.28. The van der Waals surface area contributed by atoms with Crippen LogP contribution in [0, 0.1) is 22.7 Å². The van der Waals surface area contributed by atoms with Crippen molar-refractivity contribution < 1.29 is 4.74 Å². The van der Waals surface area contributed by atoms with E-state index in [1.165, 1.54) is 0 Å². The van der Waals surface area contributed by atoms with Crippen molar-refractivity contribution in [1.29, 1.82) is 10.5 Å². The molecule has 3 nitrogen and oxygen atoms in total. The molecule has 0 N–H and O–H groups in total. The molecule has 0 heterocycles. The predicted octanol–water partition coefficient (Wildman–Crippen LogP) is 3.88. The van der Waals surface area contributed by atoms with Gasteiger partial charge in [-0.15, -0.1) is 0 Å². The number of para-hydroxylation sites is 1. The van der Waals surface area contributed by atoms with Crippen LogP contribution < -0.4 is 4.74 Å². The van der Waals surface area contributed by atoms with Crippen molar-refractivity contribution in [2.75, 3.05) is 0 Å². The Labute approximate surface area is 109 Å². The summed E-state index contributed by atoms with van der Waals surface area (Å²) in [6, 6.07) is 15.6. The summed E-state index contributed by atoms with van der Waals surface area (Å²) < 4.78 is 5.57. The van der Waals surface area contributed by atoms with E-state index in [9.17, 15) is 0 Å². The van der Waals surface area contributed by atoms with Gasteiger partial charge in [0.05, 0.1) is 11.1 Å². The quantitative estimate of drug-likeness (QED) is 0.817. The van der Waals surface area contributed by atoms with Crippen molar-refractivity contribution in [2.24, 2.45) is 0 Å². The maximum absolute atomic E-state index is 9.01. The van der Waals surface area contributed by atoms with Gasteiger partial charge in [-0.25, -0.2) is 0 Å². The summed E-state index contributed by atoms with van der Waals surface area (Å²) in [5, 5.41) is 18.5. The minimum Gasteiger partial charge on any atom is -0.455 e. The summed E-state index contributed by atoms with van der Waals surface area (Å²) in [5.41, 5.74) is 0.628. The molecule has 0 radical (unpaired) electrons. The van der Waals surface area contributed by atoms with Gasteiger partial charge in [0, 0.05) is 5.02 Å². The maximum Gasteiger partial charge on any atom is 0.162 e. The van der Waals surface area contributed by atoms with E-state index in [-0.39, 0.29) is 5.75 Å². The average molecular weight is 255 g/mol. The number of hydrogen-bond acceptors (Lipinski definition) is 3. The topological polar surface area (TPSA) is 56.8 Å². The molecule has 0 saturated heterocycles. The standard InChI is InChI=1S/C14H7ClN2O/c15-12-5-2-6-13(7-12)18-14-10(8-16)3-1-4-11(14)9-17/h1-7H. The summed E-state index contributed by atoms with van der Waals surface area (Å²) in [5.74, 6) is 0.742. The third-order valence-electron chi connectivity index (χ3n) is 2.27. The summed E-state index contributed by atoms with van der Waals surface area (Å²) in [7, 11) is 0. The fourth-order valence-electron chi connectivity index (χ4n) is 1.47. The Morgan fingerprint density at radius 1 is 0.944 bits per heavy atom. The largest absolute Gasteiger partial charge is 0.455 e. The highest BCUT2D eigenvalue weighted by molar-refractivity contribution is 6.30. The Hall–Kier alpha value is -2.49. The first-order valence-electron chi connectivity index (χ1n) is 5.11. The molecular weight excluding hydrogens is 248 g/mol. The van der Waals surface area contributed by atoms with Crippen molar-refractivity contribution in [1.82, 2.24) is 0 Å². The summed E-state index contributed by atoms with van der Waals surface area (Å²) in [6.45, 7) is 0. The van der Waals surface area contributed by atoms with Crippen LogP contribution >= 0.6 is 11.6 Å². The first-order chi connectivity index (χ1) is 8.74. The van der Waals surface area contributed by atoms with Crippen LogP contribution in [0.5, 0.6) is 11.5 Å². The third kappa shape index (κ3) is 2.43. The molecule has 0 fully saturated rings. The minimum atomic E-state index is 0.254. The van der Waals surface area contributed by atoms with E-state index >= 15 is 0 Å². The number of ether oxygens (including phenoxy) is 1. The monoisotopic (exact) mass is 254 g/mol. The highest BCUT2D eigenvalue weighted by atomic mass is 35.5. The zero-order chi connectivity index (χ0) is 13.0. The van der Waals surface area contributed by atoms with E-state index in [0.717, 1.165) is 0 Å². The van der Waals surface area contributed by atoms with Crippen LogP contribution in [0.4, 0.5) is 0 Å². The Bertz CT molecular complexity index is 636. The lowest BCUT2D eigenvalue weighted by molar-refractivity contribution is 0.479. The lowest BCUT2D eigenvalue weighted by Gasteiger charge is -2.08. The smallest absolute Gasteiger partial charge is 0.162 e. The molecule has 0 aliphatic rings. The van der Waals surface area contributed by atoms with E-state index in [4.69, 9.17) is 26.9 Å². The minimum absolute atomic E-state index is 0.254. The van der Waals surface area contributed by atoms with Crippen molar-refractivity contribution in [3.05, 3.63) is 58.6 Å². The molecule has 2 aromatic rings. The molecule has 0 bridgehead atoms. The Kier molecular flexibility index (Phi) is 3.48. The van der Waals surface area contributed by atoms with Gasteiger partial charge in [-0.3, -0.25) is 0 Å². The van der Waals surface area contributed by atoms with Gasteiger partial charge in [0.2, 0.25) is 0 Å². The molecule has 0 aromatic heterocycles. The summed E-state index contributed by atoms with van der Waals surface area (Å²) in [4.78, 5) is 0. The molecule has 0 spiro atoms. The summed E-state index contributed by atoms with van der Waals surface area (Å²) >= 11 is 5.85. The van der Waals surface area contributed by atoms with Gasteiger partial charge >= 0.3 is 0 Å². The number of nitrogens with zero attached hydrogens (tertiary/aromatic N) is 2. The number of benzene rings is 2. The van der Waals surface area contributed by atoms with Crippen LogP contribution in [0.15, 0.2) is 42.5 Å². The van der Waals surface area contributed by atoms with Crippen molar-refractivity contribution in [3.63, 3.8) is 0 Å². The number of nitriles is 2. The second-order valence-corrected chi connectivity index (χ2v) is 3.90. The predicted molar refractivity (Wildman–Crippen MR) is 67.4 cm³/mol. The van der Waals surface area contributed by atoms with Crippen LogP contribution in [0.2, 0.25) is 5.02 Å². The SMILES string of the molecule is N#Cc1cccc(C#N)c1Oc1cccc(Cl)c1. The van der Waals surface area contributed by atoms with Gasteiger partial charge in [-0.1, -0.05) is 23.7 Å². The van der Waals surface area contributed by atoms with E-state index in [2.05, 4.69) is 0 Å². The Balaban J connectivity index is 2.46. The molecular formula is C14H7ClN2O. The van der Waals surface area contributed by atoms with Crippen molar-refractivity contribution in [3.8, 4) is 23.6 Å². The van der Waals surface area contributed by atoms with Crippen molar-refractivity contribution >= 4 is 11.6 Å². The molecule has 0 aliphatic heterocycles. The zero-order valence-electron chi connectivity index (χ0n) is 9.22. The van der Waals surface area contributed by atoms with Crippen LogP contribution in [-0.2, 0) is 0 Å². The van der Waals surface area contributed by atoms with E-state index in [1.807, 2.05) is 12.1 Å². The average Bonchev–Trinajstić information content (AvgIpc) is 2.39. The molecule has 0 saturated carbocycles. The van der Waals surface area contributed by atoms with Crippen LogP contribution in [0.1, 0.15) is 11.1 Å². The maximum atomic E-state index is 9.01. The summed E-state index contributed by atoms with van der Waals surface area (Å²) in [6.07, 6.45) is 0. The number of hydrogen-bond donors (Lipinski definition) is 0. The van der Waals surface area contributed by atoms with Gasteiger partial charge in [0.1, 0.15) is 17.9 Å². The zero-order valence-corrected chi connectivity index (χ0v) is 9.98. The second-order valence-electron chi connectivity index (χ2n) is 3.47. The fourth-order valence-corrected chi connectivity index (χ4v) is 1.65. The molecule has 0 amide bonds. The lowest BCUT2D eigenvalue weighted by Crippen LogP contribution is -1.92. The Morgan fingerprint density at radius 3 is 2.11 bits per heavy atom. The molecule has 2 aromatic carbocycles. The second kappa shape index (κ2) is 5.23. The van der Waals surface area contributed by atoms with Gasteiger partial charge in [0.25, 0.3) is 0 Å². The van der Waals surface area contributed by atoms with E-state index < -0.39 is 0 Å². The highest BCUT2D eigenvalue weighted by Gasteiger charge is 2.10. The molecule has 0 aliphatic carbocycles. The van der Waals surface area contributed by atoms with E-state index in [0.29, 0.717) is 21.9 Å². The van der Waals surface area contributed by atoms with Crippen LogP contribution in [-0.4, -0.2) is 0 Å². The molecule has 2 rings (SSSR count). The van der Waals surface area contributed by atoms with Gasteiger partial charge < -0.3 is 4.74 Å². The Morgan fingerprint density at radius 2 is 1.56 bits per heavy atom. The van der Waals surface area contributed by atoms with Crippen LogP contribution in [0.25, 0.3) is 0 Å². The molecule has 86 valence electrons. The van der Waals surface area contributed by atoms with Crippen LogP contribution in [0.3, 0.4) is 0 Å². The lowest BCUT2D eigenvalue weighted by atomic mass is 10.1. The van der Waals surface area contributed by atoms with Gasteiger partial charge in [-0.2, -0.15) is 10.5 Å². The van der Waals surface area contributed by atoms with Crippen molar-refractivity contribution in [2.45, 2.75) is 0 Å². The molecule has 4 heteroatoms. The number of halogens is 1. The first-order valence-corrected chi connectivity index (χ1v) is 5.49. The van der Waals surface area contributed by atoms with Gasteiger partial charge in [0.15, 0.2) is 5.75 Å². The first kappa shape index (κ1) is 12.0. The number of rotatable bonds is 2. The third-order valence-corrected chi connectivity index (χ3v) is 2.51. The van der Waals surface area contributed by atoms with Gasteiger partial charge in [-0.05, 0) is 30.3 Å². The highest BCUT2D eigenvalue weighted by Crippen LogP contribution is 2.29. The molecule has 18 heavy (non-hydrogen) atoms. The molecule has 0 atom stereocenters.